The van der Waals surface area contributed by atoms with E-state index in [0.29, 0.717) is 0 Å². The summed E-state index contributed by atoms with van der Waals surface area (Å²) in [7, 11) is 0. The second-order valence-corrected chi connectivity index (χ2v) is 10.6. The molecular formula is C28H34N4O5. The molecule has 0 unspecified atom stereocenters. The third-order valence-corrected chi connectivity index (χ3v) is 6.41. The molecule has 4 rings (SSSR count). The molecule has 0 spiro atoms. The van der Waals surface area contributed by atoms with Crippen LogP contribution >= 0.6 is 0 Å². The van der Waals surface area contributed by atoms with E-state index in [-0.39, 0.29) is 31.7 Å². The number of hydrogen-bond donors (Lipinski definition) is 3. The summed E-state index contributed by atoms with van der Waals surface area (Å²) < 4.78 is 5.53. The lowest BCUT2D eigenvalue weighted by Gasteiger charge is -2.30. The molecule has 2 aromatic carbocycles. The summed E-state index contributed by atoms with van der Waals surface area (Å²) in [5, 5.41) is 8.65. The van der Waals surface area contributed by atoms with E-state index < -0.39 is 47.7 Å². The zero-order chi connectivity index (χ0) is 26.6. The van der Waals surface area contributed by atoms with Crippen LogP contribution in [0, 0.1) is 0 Å². The Balaban J connectivity index is 1.64. The topological polar surface area (TPSA) is 117 Å². The van der Waals surface area contributed by atoms with Crippen LogP contribution < -0.4 is 16.0 Å². The fourth-order valence-electron chi connectivity index (χ4n) is 4.67. The van der Waals surface area contributed by atoms with Gasteiger partial charge in [0.25, 0.3) is 0 Å². The third-order valence-electron chi connectivity index (χ3n) is 6.41. The number of rotatable bonds is 4. The lowest BCUT2D eigenvalue weighted by Crippen LogP contribution is -2.58. The average Bonchev–Trinajstić information content (AvgIpc) is 3.27. The van der Waals surface area contributed by atoms with Crippen molar-refractivity contribution in [2.45, 2.75) is 69.8 Å². The predicted molar refractivity (Wildman–Crippen MR) is 137 cm³/mol. The second kappa shape index (κ2) is 11.0. The molecule has 2 aliphatic heterocycles. The zero-order valence-corrected chi connectivity index (χ0v) is 21.4. The minimum absolute atomic E-state index is 0.133. The molecule has 2 bridgehead atoms. The first kappa shape index (κ1) is 26.2. The molecule has 0 saturated carbocycles. The summed E-state index contributed by atoms with van der Waals surface area (Å²) >= 11 is 0. The Hall–Kier alpha value is -3.88. The van der Waals surface area contributed by atoms with Gasteiger partial charge in [0.15, 0.2) is 0 Å². The summed E-state index contributed by atoms with van der Waals surface area (Å²) in [6.45, 7) is 5.39. The van der Waals surface area contributed by atoms with Gasteiger partial charge in [0, 0.05) is 25.4 Å². The normalized spacial score (nSPS) is 24.4. The van der Waals surface area contributed by atoms with Gasteiger partial charge in [-0.05, 0) is 38.3 Å². The molecule has 0 aliphatic carbocycles. The van der Waals surface area contributed by atoms with Crippen LogP contribution in [-0.4, -0.2) is 65.0 Å². The van der Waals surface area contributed by atoms with Gasteiger partial charge in [-0.1, -0.05) is 60.7 Å². The van der Waals surface area contributed by atoms with E-state index in [0.717, 1.165) is 11.1 Å². The first-order chi connectivity index (χ1) is 17.6. The van der Waals surface area contributed by atoms with Gasteiger partial charge in [0.2, 0.25) is 17.7 Å². The quantitative estimate of drug-likeness (QED) is 0.586. The summed E-state index contributed by atoms with van der Waals surface area (Å²) in [4.78, 5) is 54.5. The van der Waals surface area contributed by atoms with Crippen molar-refractivity contribution in [3.63, 3.8) is 0 Å². The molecule has 2 saturated heterocycles. The van der Waals surface area contributed by atoms with Gasteiger partial charge in [-0.3, -0.25) is 19.3 Å². The number of amides is 4. The van der Waals surface area contributed by atoms with Crippen molar-refractivity contribution in [2.24, 2.45) is 0 Å². The number of ether oxygens (including phenoxy) is 1. The number of benzene rings is 2. The monoisotopic (exact) mass is 506 g/mol. The van der Waals surface area contributed by atoms with E-state index in [2.05, 4.69) is 16.0 Å². The standard InChI is InChI=1S/C28H34N4O5/c1-28(2,3)37-27(36)32-17-20-16-23(32)26(35)31-22(15-19-12-8-5-9-13-19)25(34)30-21(24(33)29-20)14-18-10-6-4-7-11-18/h4-13,20-23H,14-17H2,1-3H3,(H,29,33)(H,30,34)(H,31,35)/t20-,21-,22-,23-/m0/s1. The van der Waals surface area contributed by atoms with Gasteiger partial charge in [-0.25, -0.2) is 4.79 Å². The average molecular weight is 507 g/mol. The van der Waals surface area contributed by atoms with E-state index in [4.69, 9.17) is 4.74 Å². The van der Waals surface area contributed by atoms with Crippen LogP contribution in [0.5, 0.6) is 0 Å². The fraction of sp³-hybridized carbons (Fsp3) is 0.429. The number of hydrogen-bond acceptors (Lipinski definition) is 5. The van der Waals surface area contributed by atoms with Gasteiger partial charge < -0.3 is 20.7 Å². The third kappa shape index (κ3) is 6.87. The van der Waals surface area contributed by atoms with Crippen molar-refractivity contribution in [2.75, 3.05) is 6.54 Å². The Morgan fingerprint density at radius 3 is 1.81 bits per heavy atom. The molecule has 2 aromatic rings. The molecule has 9 nitrogen and oxygen atoms in total. The summed E-state index contributed by atoms with van der Waals surface area (Å²) in [6, 6.07) is 15.6. The van der Waals surface area contributed by atoms with E-state index >= 15 is 0 Å². The minimum atomic E-state index is -0.932. The Bertz CT molecular complexity index is 1130. The molecule has 3 N–H and O–H groups in total. The highest BCUT2D eigenvalue weighted by Gasteiger charge is 2.44. The number of nitrogens with one attached hydrogen (secondary N) is 3. The molecule has 37 heavy (non-hydrogen) atoms. The highest BCUT2D eigenvalue weighted by atomic mass is 16.6. The fourth-order valence-corrected chi connectivity index (χ4v) is 4.67. The highest BCUT2D eigenvalue weighted by molar-refractivity contribution is 5.95. The van der Waals surface area contributed by atoms with Gasteiger partial charge in [-0.2, -0.15) is 0 Å². The highest BCUT2D eigenvalue weighted by Crippen LogP contribution is 2.23. The van der Waals surface area contributed by atoms with Crippen LogP contribution in [0.3, 0.4) is 0 Å². The first-order valence-corrected chi connectivity index (χ1v) is 12.6. The van der Waals surface area contributed by atoms with Crippen molar-refractivity contribution in [3.05, 3.63) is 71.8 Å². The molecular weight excluding hydrogens is 472 g/mol. The maximum Gasteiger partial charge on any atom is 0.411 e. The molecule has 2 heterocycles. The van der Waals surface area contributed by atoms with Crippen molar-refractivity contribution in [1.29, 1.82) is 0 Å². The second-order valence-electron chi connectivity index (χ2n) is 10.6. The lowest BCUT2D eigenvalue weighted by molar-refractivity contribution is -0.133. The number of nitrogens with zero attached hydrogens (tertiary/aromatic N) is 1. The van der Waals surface area contributed by atoms with Crippen molar-refractivity contribution >= 4 is 23.8 Å². The molecule has 0 radical (unpaired) electrons. The molecule has 196 valence electrons. The van der Waals surface area contributed by atoms with E-state index in [1.54, 1.807) is 20.8 Å². The molecule has 4 atom stereocenters. The predicted octanol–water partition coefficient (Wildman–Crippen LogP) is 1.95. The van der Waals surface area contributed by atoms with E-state index in [1.807, 2.05) is 60.7 Å². The van der Waals surface area contributed by atoms with Crippen LogP contribution in [0.25, 0.3) is 0 Å². The van der Waals surface area contributed by atoms with Crippen LogP contribution in [-0.2, 0) is 32.0 Å². The molecule has 9 heteroatoms. The first-order valence-electron chi connectivity index (χ1n) is 12.6. The largest absolute Gasteiger partial charge is 0.444 e. The van der Waals surface area contributed by atoms with Crippen LogP contribution in [0.4, 0.5) is 4.79 Å². The Morgan fingerprint density at radius 2 is 1.30 bits per heavy atom. The smallest absolute Gasteiger partial charge is 0.411 e. The summed E-state index contributed by atoms with van der Waals surface area (Å²) in [5.74, 6) is -1.28. The Morgan fingerprint density at radius 1 is 0.811 bits per heavy atom. The molecule has 2 fully saturated rings. The lowest BCUT2D eigenvalue weighted by atomic mass is 10.0. The molecule has 2 aliphatic rings. The molecule has 0 aromatic heterocycles. The number of carbonyl (C=O) groups is 4. The van der Waals surface area contributed by atoms with Gasteiger partial charge in [-0.15, -0.1) is 0 Å². The van der Waals surface area contributed by atoms with Crippen LogP contribution in [0.1, 0.15) is 38.3 Å². The molecule has 4 amide bonds. The van der Waals surface area contributed by atoms with Gasteiger partial charge in [0.1, 0.15) is 23.7 Å². The van der Waals surface area contributed by atoms with Crippen LogP contribution in [0.2, 0.25) is 0 Å². The zero-order valence-electron chi connectivity index (χ0n) is 21.4. The van der Waals surface area contributed by atoms with E-state index in [9.17, 15) is 19.2 Å². The SMILES string of the molecule is CC(C)(C)OC(=O)N1C[C@@H]2C[C@H]1C(=O)N[C@@H](Cc1ccccc1)C(=O)N[C@@H](Cc1ccccc1)C(=O)N2. The Labute approximate surface area is 216 Å². The summed E-state index contributed by atoms with van der Waals surface area (Å²) in [5.41, 5.74) is 0.998. The minimum Gasteiger partial charge on any atom is -0.444 e. The van der Waals surface area contributed by atoms with Crippen molar-refractivity contribution in [1.82, 2.24) is 20.9 Å². The van der Waals surface area contributed by atoms with Gasteiger partial charge >= 0.3 is 6.09 Å². The number of carbonyl (C=O) groups excluding carboxylic acids is 4. The van der Waals surface area contributed by atoms with Crippen molar-refractivity contribution < 1.29 is 23.9 Å². The summed E-state index contributed by atoms with van der Waals surface area (Å²) in [6.07, 6.45) is 0.115. The maximum atomic E-state index is 13.4. The Kier molecular flexibility index (Phi) is 7.80. The van der Waals surface area contributed by atoms with Crippen molar-refractivity contribution in [3.8, 4) is 0 Å². The number of likely N-dealkylation sites (tertiary alicyclic amines) is 1. The van der Waals surface area contributed by atoms with E-state index in [1.165, 1.54) is 4.90 Å². The van der Waals surface area contributed by atoms with Gasteiger partial charge in [0.05, 0.1) is 0 Å². The number of fused-ring (bicyclic) bond motifs is 2. The maximum absolute atomic E-state index is 13.4. The van der Waals surface area contributed by atoms with Crippen LogP contribution in [0.15, 0.2) is 60.7 Å².